The van der Waals surface area contributed by atoms with Crippen molar-refractivity contribution in [2.45, 2.75) is 32.7 Å². The maximum absolute atomic E-state index is 13.4. The molecule has 0 saturated carbocycles. The Labute approximate surface area is 153 Å². The van der Waals surface area contributed by atoms with Gasteiger partial charge in [0.25, 0.3) is 0 Å². The molecule has 0 N–H and O–H groups in total. The molecule has 0 aromatic heterocycles. The zero-order valence-corrected chi connectivity index (χ0v) is 15.7. The number of anilines is 1. The molecule has 3 aliphatic rings. The van der Waals surface area contributed by atoms with Gasteiger partial charge >= 0.3 is 6.03 Å². The van der Waals surface area contributed by atoms with Crippen LogP contribution in [0.2, 0.25) is 0 Å². The molecule has 0 radical (unpaired) electrons. The van der Waals surface area contributed by atoms with Gasteiger partial charge in [0.2, 0.25) is 11.8 Å². The predicted molar refractivity (Wildman–Crippen MR) is 97.6 cm³/mol. The smallest absolute Gasteiger partial charge is 0.332 e. The number of nitrogens with zero attached hydrogens (tertiary/aromatic N) is 3. The van der Waals surface area contributed by atoms with E-state index in [2.05, 4.69) is 24.8 Å². The summed E-state index contributed by atoms with van der Waals surface area (Å²) in [4.78, 5) is 43.6. The van der Waals surface area contributed by atoms with Crippen molar-refractivity contribution >= 4 is 23.5 Å². The first-order chi connectivity index (χ1) is 12.3. The molecule has 138 valence electrons. The molecule has 0 bridgehead atoms. The van der Waals surface area contributed by atoms with E-state index in [4.69, 9.17) is 0 Å². The van der Waals surface area contributed by atoms with Crippen LogP contribution in [0.3, 0.4) is 0 Å². The van der Waals surface area contributed by atoms with Crippen molar-refractivity contribution in [2.24, 2.45) is 17.3 Å². The Kier molecular flexibility index (Phi) is 3.65. The number of barbiturate groups is 1. The molecular weight excluding hydrogens is 330 g/mol. The highest BCUT2D eigenvalue weighted by Crippen LogP contribution is 2.50. The Morgan fingerprint density at radius 3 is 2.27 bits per heavy atom. The summed E-state index contributed by atoms with van der Waals surface area (Å²) in [6.07, 6.45) is 1.32. The molecule has 0 unspecified atom stereocenters. The Hall–Kier alpha value is -2.37. The molecule has 3 atom stereocenters. The highest BCUT2D eigenvalue weighted by molar-refractivity contribution is 6.20. The fourth-order valence-electron chi connectivity index (χ4n) is 5.43. The van der Waals surface area contributed by atoms with Crippen LogP contribution in [-0.2, 0) is 16.0 Å². The number of hydrogen-bond acceptors (Lipinski definition) is 4. The number of rotatable bonds is 0. The number of carbonyl (C=O) groups excluding carboxylic acids is 3. The Morgan fingerprint density at radius 2 is 1.62 bits per heavy atom. The minimum absolute atomic E-state index is 0.176. The van der Waals surface area contributed by atoms with Gasteiger partial charge in [-0.25, -0.2) is 4.79 Å². The summed E-state index contributed by atoms with van der Waals surface area (Å²) < 4.78 is 0. The van der Waals surface area contributed by atoms with E-state index in [1.807, 2.05) is 18.2 Å². The van der Waals surface area contributed by atoms with Gasteiger partial charge in [-0.1, -0.05) is 32.0 Å². The minimum atomic E-state index is -1.23. The van der Waals surface area contributed by atoms with E-state index in [-0.39, 0.29) is 23.8 Å². The maximum atomic E-state index is 13.4. The summed E-state index contributed by atoms with van der Waals surface area (Å²) in [5, 5.41) is 0. The normalized spacial score (nSPS) is 30.5. The van der Waals surface area contributed by atoms with E-state index < -0.39 is 11.4 Å². The van der Waals surface area contributed by atoms with Crippen molar-refractivity contribution in [1.29, 1.82) is 0 Å². The van der Waals surface area contributed by atoms with Gasteiger partial charge in [-0.3, -0.25) is 19.4 Å². The number of fused-ring (bicyclic) bond motifs is 4. The lowest BCUT2D eigenvalue weighted by molar-refractivity contribution is -0.161. The van der Waals surface area contributed by atoms with E-state index in [1.54, 1.807) is 0 Å². The monoisotopic (exact) mass is 355 g/mol. The second-order valence-electron chi connectivity index (χ2n) is 8.20. The number of carbonyl (C=O) groups is 3. The first-order valence-corrected chi connectivity index (χ1v) is 9.24. The first kappa shape index (κ1) is 17.1. The Morgan fingerprint density at radius 1 is 1.00 bits per heavy atom. The van der Waals surface area contributed by atoms with E-state index in [0.717, 1.165) is 34.0 Å². The van der Waals surface area contributed by atoms with Crippen molar-refractivity contribution in [3.8, 4) is 0 Å². The predicted octanol–water partition coefficient (Wildman–Crippen LogP) is 2.13. The fraction of sp³-hybridized carbons (Fsp3) is 0.550. The lowest BCUT2D eigenvalue weighted by Gasteiger charge is -2.57. The largest absolute Gasteiger partial charge is 0.366 e. The number of piperidine rings is 1. The van der Waals surface area contributed by atoms with Crippen LogP contribution in [0.15, 0.2) is 24.3 Å². The third kappa shape index (κ3) is 2.01. The molecule has 4 amide bonds. The van der Waals surface area contributed by atoms with Gasteiger partial charge < -0.3 is 4.90 Å². The molecule has 6 heteroatoms. The van der Waals surface area contributed by atoms with Crippen LogP contribution < -0.4 is 4.90 Å². The summed E-state index contributed by atoms with van der Waals surface area (Å²) in [7, 11) is 2.96. The number of urea groups is 1. The molecule has 1 aromatic rings. The quantitative estimate of drug-likeness (QED) is 0.669. The van der Waals surface area contributed by atoms with Crippen molar-refractivity contribution in [3.05, 3.63) is 29.8 Å². The van der Waals surface area contributed by atoms with Crippen LogP contribution >= 0.6 is 0 Å². The SMILES string of the molecule is C[C@H]1C[C@@H](C)[C@H]2N(C1)c1ccccc1CC21C(=O)N(C)C(=O)N(C)C1=O. The first-order valence-electron chi connectivity index (χ1n) is 9.24. The van der Waals surface area contributed by atoms with E-state index in [0.29, 0.717) is 12.3 Å². The van der Waals surface area contributed by atoms with Crippen LogP contribution in [0, 0.1) is 17.3 Å². The molecular formula is C20H25N3O3. The van der Waals surface area contributed by atoms with Gasteiger partial charge in [-0.05, 0) is 36.3 Å². The van der Waals surface area contributed by atoms with Crippen molar-refractivity contribution in [2.75, 3.05) is 25.5 Å². The highest BCUT2D eigenvalue weighted by Gasteiger charge is 2.64. The lowest BCUT2D eigenvalue weighted by Crippen LogP contribution is -2.73. The summed E-state index contributed by atoms with van der Waals surface area (Å²) in [5.74, 6) is -0.0710. The standard InChI is InChI=1S/C20H25N3O3/c1-12-9-13(2)16-20(17(24)21(3)19(26)22(4)18(20)25)10-14-7-5-6-8-15(14)23(16)11-12/h5-8,12-13,16H,9-11H2,1-4H3/t12-,13+,16+/m0/s1. The second kappa shape index (κ2) is 5.56. The Bertz CT molecular complexity index is 781. The molecule has 26 heavy (non-hydrogen) atoms. The second-order valence-corrected chi connectivity index (χ2v) is 8.20. The van der Waals surface area contributed by atoms with E-state index >= 15 is 0 Å². The van der Waals surface area contributed by atoms with Gasteiger partial charge in [0.15, 0.2) is 5.41 Å². The molecule has 2 saturated heterocycles. The zero-order chi connectivity index (χ0) is 18.8. The van der Waals surface area contributed by atoms with Gasteiger partial charge in [0.1, 0.15) is 0 Å². The van der Waals surface area contributed by atoms with Crippen LogP contribution in [0.25, 0.3) is 0 Å². The molecule has 4 rings (SSSR count). The van der Waals surface area contributed by atoms with Gasteiger partial charge in [0, 0.05) is 26.3 Å². The average Bonchev–Trinajstić information content (AvgIpc) is 2.62. The summed E-state index contributed by atoms with van der Waals surface area (Å²) >= 11 is 0. The zero-order valence-electron chi connectivity index (χ0n) is 15.7. The van der Waals surface area contributed by atoms with Crippen LogP contribution in [0.4, 0.5) is 10.5 Å². The van der Waals surface area contributed by atoms with Crippen LogP contribution in [0.5, 0.6) is 0 Å². The van der Waals surface area contributed by atoms with Crippen molar-refractivity contribution < 1.29 is 14.4 Å². The number of hydrogen-bond donors (Lipinski definition) is 0. The molecule has 1 spiro atoms. The van der Waals surface area contributed by atoms with Crippen molar-refractivity contribution in [1.82, 2.24) is 9.80 Å². The van der Waals surface area contributed by atoms with Gasteiger partial charge in [-0.15, -0.1) is 0 Å². The summed E-state index contributed by atoms with van der Waals surface area (Å²) in [5.41, 5.74) is 0.887. The van der Waals surface area contributed by atoms with Crippen LogP contribution in [0.1, 0.15) is 25.8 Å². The topological polar surface area (TPSA) is 60.9 Å². The molecule has 6 nitrogen and oxygen atoms in total. The van der Waals surface area contributed by atoms with Crippen molar-refractivity contribution in [3.63, 3.8) is 0 Å². The van der Waals surface area contributed by atoms with Gasteiger partial charge in [-0.2, -0.15) is 0 Å². The molecule has 1 aromatic carbocycles. The molecule has 2 fully saturated rings. The Balaban J connectivity index is 1.94. The molecule has 3 aliphatic heterocycles. The van der Waals surface area contributed by atoms with E-state index in [9.17, 15) is 14.4 Å². The molecule has 3 heterocycles. The van der Waals surface area contributed by atoms with Crippen LogP contribution in [-0.4, -0.2) is 54.3 Å². The number of benzene rings is 1. The number of amides is 4. The molecule has 0 aliphatic carbocycles. The third-order valence-electron chi connectivity index (χ3n) is 6.38. The highest BCUT2D eigenvalue weighted by atomic mass is 16.2. The average molecular weight is 355 g/mol. The summed E-state index contributed by atoms with van der Waals surface area (Å²) in [6.45, 7) is 5.15. The third-order valence-corrected chi connectivity index (χ3v) is 6.38. The van der Waals surface area contributed by atoms with Gasteiger partial charge in [0.05, 0.1) is 6.04 Å². The summed E-state index contributed by atoms with van der Waals surface area (Å²) in [6, 6.07) is 7.24. The van der Waals surface area contributed by atoms with E-state index in [1.165, 1.54) is 14.1 Å². The number of imide groups is 2. The number of para-hydroxylation sites is 1. The minimum Gasteiger partial charge on any atom is -0.366 e. The fourth-order valence-corrected chi connectivity index (χ4v) is 5.43. The lowest BCUT2D eigenvalue weighted by atomic mass is 9.62. The maximum Gasteiger partial charge on any atom is 0.332 e.